The average Bonchev–Trinajstić information content (AvgIpc) is 2.71. The van der Waals surface area contributed by atoms with Gasteiger partial charge in [0.25, 0.3) is 5.91 Å². The Bertz CT molecular complexity index is 891. The molecule has 0 heterocycles. The number of rotatable bonds is 9. The lowest BCUT2D eigenvalue weighted by Crippen LogP contribution is -2.27. The van der Waals surface area contributed by atoms with Crippen molar-refractivity contribution >= 4 is 33.7 Å². The minimum Gasteiger partial charge on any atom is -0.497 e. The fourth-order valence-electron chi connectivity index (χ4n) is 2.37. The molecule has 0 fully saturated rings. The minimum atomic E-state index is -0.159. The maximum absolute atomic E-state index is 12.4. The van der Waals surface area contributed by atoms with Gasteiger partial charge in [-0.3, -0.25) is 9.59 Å². The summed E-state index contributed by atoms with van der Waals surface area (Å²) in [6, 6.07) is 10.5. The van der Waals surface area contributed by atoms with Crippen LogP contribution in [0, 0.1) is 0 Å². The Balaban J connectivity index is 2.20. The van der Waals surface area contributed by atoms with Crippen molar-refractivity contribution in [3.05, 3.63) is 58.1 Å². The Morgan fingerprint density at radius 2 is 1.79 bits per heavy atom. The van der Waals surface area contributed by atoms with Gasteiger partial charge in [0.1, 0.15) is 5.75 Å². The molecule has 0 atom stereocenters. The van der Waals surface area contributed by atoms with Crippen LogP contribution in [-0.2, 0) is 4.79 Å². The summed E-state index contributed by atoms with van der Waals surface area (Å²) >= 11 is 3.46. The van der Waals surface area contributed by atoms with E-state index in [1.807, 2.05) is 6.92 Å². The van der Waals surface area contributed by atoms with Crippen molar-refractivity contribution in [2.24, 2.45) is 0 Å². The van der Waals surface area contributed by atoms with Gasteiger partial charge in [-0.2, -0.15) is 0 Å². The van der Waals surface area contributed by atoms with Gasteiger partial charge in [0.05, 0.1) is 18.2 Å². The van der Waals surface area contributed by atoms with Gasteiger partial charge >= 0.3 is 0 Å². The molecule has 0 aromatic heterocycles. The minimum absolute atomic E-state index is 0.100. The number of benzene rings is 2. The summed E-state index contributed by atoms with van der Waals surface area (Å²) in [5.41, 5.74) is 1.32. The number of ether oxygens (including phenoxy) is 3. The molecule has 2 aromatic carbocycles. The van der Waals surface area contributed by atoms with Crippen molar-refractivity contribution in [1.29, 1.82) is 0 Å². The molecule has 0 unspecified atom stereocenters. The van der Waals surface area contributed by atoms with E-state index in [4.69, 9.17) is 14.2 Å². The second-order valence-electron chi connectivity index (χ2n) is 6.27. The first kappa shape index (κ1) is 22.5. The molecule has 1 amide bonds. The van der Waals surface area contributed by atoms with Gasteiger partial charge < -0.3 is 19.1 Å². The third kappa shape index (κ3) is 6.35. The number of hydrogen-bond donors (Lipinski definition) is 0. The SMILES string of the molecule is CCOc1cc(C=CC(=O)c2ccc(OC)cc2)cc(Br)c1OCC(=O)N(C)C. The van der Waals surface area contributed by atoms with Crippen LogP contribution in [0.2, 0.25) is 0 Å². The summed E-state index contributed by atoms with van der Waals surface area (Å²) < 4.78 is 17.0. The molecule has 0 radical (unpaired) electrons. The zero-order valence-corrected chi connectivity index (χ0v) is 18.5. The molecule has 154 valence electrons. The van der Waals surface area contributed by atoms with E-state index in [0.717, 1.165) is 5.56 Å². The predicted molar refractivity (Wildman–Crippen MR) is 116 cm³/mol. The van der Waals surface area contributed by atoms with Crippen LogP contribution in [0.5, 0.6) is 17.2 Å². The fraction of sp³-hybridized carbons (Fsp3) is 0.273. The number of allylic oxidation sites excluding steroid dienone is 1. The van der Waals surface area contributed by atoms with E-state index in [2.05, 4.69) is 15.9 Å². The molecule has 6 nitrogen and oxygen atoms in total. The van der Waals surface area contributed by atoms with E-state index < -0.39 is 0 Å². The monoisotopic (exact) mass is 461 g/mol. The molecule has 0 aliphatic carbocycles. The zero-order valence-electron chi connectivity index (χ0n) is 16.9. The number of carbonyl (C=O) groups excluding carboxylic acids is 2. The Hall–Kier alpha value is -2.80. The van der Waals surface area contributed by atoms with Crippen LogP contribution in [0.15, 0.2) is 46.9 Å². The standard InChI is InChI=1S/C22H24BrNO5/c1-5-28-20-13-15(12-18(23)22(20)29-14-21(26)24(2)3)6-11-19(25)16-7-9-17(27-4)10-8-16/h6-13H,5,14H2,1-4H3. The van der Waals surface area contributed by atoms with E-state index in [-0.39, 0.29) is 18.3 Å². The Labute approximate surface area is 179 Å². The number of amides is 1. The van der Waals surface area contributed by atoms with Gasteiger partial charge in [0.15, 0.2) is 23.9 Å². The summed E-state index contributed by atoms with van der Waals surface area (Å²) in [5.74, 6) is 1.34. The third-order valence-corrected chi connectivity index (χ3v) is 4.56. The molecule has 0 bridgehead atoms. The zero-order chi connectivity index (χ0) is 21.4. The molecule has 0 spiro atoms. The first-order valence-electron chi connectivity index (χ1n) is 9.01. The molecule has 0 saturated carbocycles. The summed E-state index contributed by atoms with van der Waals surface area (Å²) in [4.78, 5) is 25.6. The van der Waals surface area contributed by atoms with Gasteiger partial charge in [-0.1, -0.05) is 6.08 Å². The Kier molecular flexibility index (Phi) is 8.27. The fourth-order valence-corrected chi connectivity index (χ4v) is 2.95. The van der Waals surface area contributed by atoms with Crippen LogP contribution >= 0.6 is 15.9 Å². The first-order chi connectivity index (χ1) is 13.8. The van der Waals surface area contributed by atoms with Crippen LogP contribution in [-0.4, -0.2) is 51.0 Å². The third-order valence-electron chi connectivity index (χ3n) is 3.97. The van der Waals surface area contributed by atoms with Gasteiger partial charge in [-0.05, 0) is 70.9 Å². The number of carbonyl (C=O) groups is 2. The van der Waals surface area contributed by atoms with Crippen molar-refractivity contribution in [2.75, 3.05) is 34.4 Å². The highest BCUT2D eigenvalue weighted by Gasteiger charge is 2.14. The second-order valence-corrected chi connectivity index (χ2v) is 7.12. The topological polar surface area (TPSA) is 65.1 Å². The lowest BCUT2D eigenvalue weighted by atomic mass is 10.1. The van der Waals surface area contributed by atoms with E-state index in [9.17, 15) is 9.59 Å². The smallest absolute Gasteiger partial charge is 0.259 e. The quantitative estimate of drug-likeness (QED) is 0.413. The molecule has 2 aromatic rings. The Morgan fingerprint density at radius 3 is 2.38 bits per heavy atom. The molecule has 0 aliphatic heterocycles. The van der Waals surface area contributed by atoms with E-state index in [0.29, 0.717) is 33.9 Å². The lowest BCUT2D eigenvalue weighted by Gasteiger charge is -2.16. The summed E-state index contributed by atoms with van der Waals surface area (Å²) in [6.45, 7) is 2.19. The number of likely N-dealkylation sites (N-methyl/N-ethyl adjacent to an activating group) is 1. The van der Waals surface area contributed by atoms with Gasteiger partial charge in [-0.15, -0.1) is 0 Å². The molecule has 0 N–H and O–H groups in total. The van der Waals surface area contributed by atoms with Crippen LogP contribution in [0.25, 0.3) is 6.08 Å². The van der Waals surface area contributed by atoms with Crippen LogP contribution < -0.4 is 14.2 Å². The molecule has 2 rings (SSSR count). The summed E-state index contributed by atoms with van der Waals surface area (Å²) in [6.07, 6.45) is 3.20. The predicted octanol–water partition coefficient (Wildman–Crippen LogP) is 4.22. The van der Waals surface area contributed by atoms with E-state index in [1.54, 1.807) is 63.7 Å². The van der Waals surface area contributed by atoms with Crippen molar-refractivity contribution in [1.82, 2.24) is 4.90 Å². The number of methoxy groups -OCH3 is 1. The van der Waals surface area contributed by atoms with E-state index in [1.165, 1.54) is 11.0 Å². The second kappa shape index (κ2) is 10.7. The lowest BCUT2D eigenvalue weighted by molar-refractivity contribution is -0.130. The van der Waals surface area contributed by atoms with Gasteiger partial charge in [0.2, 0.25) is 0 Å². The summed E-state index contributed by atoms with van der Waals surface area (Å²) in [5, 5.41) is 0. The van der Waals surface area contributed by atoms with Crippen LogP contribution in [0.3, 0.4) is 0 Å². The Morgan fingerprint density at radius 1 is 1.10 bits per heavy atom. The molecule has 0 saturated heterocycles. The normalized spacial score (nSPS) is 10.7. The highest BCUT2D eigenvalue weighted by Crippen LogP contribution is 2.37. The van der Waals surface area contributed by atoms with Crippen molar-refractivity contribution in [3.63, 3.8) is 0 Å². The maximum atomic E-state index is 12.4. The molecule has 7 heteroatoms. The number of ketones is 1. The highest BCUT2D eigenvalue weighted by atomic mass is 79.9. The number of halogens is 1. The van der Waals surface area contributed by atoms with Crippen molar-refractivity contribution in [3.8, 4) is 17.2 Å². The highest BCUT2D eigenvalue weighted by molar-refractivity contribution is 9.10. The van der Waals surface area contributed by atoms with Crippen LogP contribution in [0.4, 0.5) is 0 Å². The molecular weight excluding hydrogens is 438 g/mol. The number of nitrogens with zero attached hydrogens (tertiary/aromatic N) is 1. The van der Waals surface area contributed by atoms with Gasteiger partial charge in [-0.25, -0.2) is 0 Å². The number of hydrogen-bond acceptors (Lipinski definition) is 5. The van der Waals surface area contributed by atoms with E-state index >= 15 is 0 Å². The first-order valence-corrected chi connectivity index (χ1v) is 9.80. The maximum Gasteiger partial charge on any atom is 0.259 e. The van der Waals surface area contributed by atoms with Crippen molar-refractivity contribution < 1.29 is 23.8 Å². The molecular formula is C22H24BrNO5. The van der Waals surface area contributed by atoms with Gasteiger partial charge in [0, 0.05) is 19.7 Å². The largest absolute Gasteiger partial charge is 0.497 e. The van der Waals surface area contributed by atoms with Crippen molar-refractivity contribution in [2.45, 2.75) is 6.92 Å². The average molecular weight is 462 g/mol. The summed E-state index contributed by atoms with van der Waals surface area (Å²) in [7, 11) is 4.91. The molecule has 29 heavy (non-hydrogen) atoms. The molecule has 0 aliphatic rings. The van der Waals surface area contributed by atoms with Crippen LogP contribution in [0.1, 0.15) is 22.8 Å².